The number of ether oxygens (including phenoxy) is 1. The zero-order chi connectivity index (χ0) is 11.5. The van der Waals surface area contributed by atoms with E-state index in [1.54, 1.807) is 6.07 Å². The second kappa shape index (κ2) is 5.17. The van der Waals surface area contributed by atoms with E-state index >= 15 is 0 Å². The van der Waals surface area contributed by atoms with Gasteiger partial charge in [0.15, 0.2) is 16.1 Å². The molecule has 6 heteroatoms. The first-order chi connectivity index (χ1) is 7.65. The maximum absolute atomic E-state index is 5.88. The number of aromatic nitrogens is 2. The SMILES string of the molecule is NC1CCCC(Oc2cc(Cl)nnc2Cl)C1. The molecule has 1 fully saturated rings. The van der Waals surface area contributed by atoms with Crippen molar-refractivity contribution in [3.63, 3.8) is 0 Å². The van der Waals surface area contributed by atoms with Gasteiger partial charge < -0.3 is 10.5 Å². The minimum absolute atomic E-state index is 0.0986. The third-order valence-electron chi connectivity index (χ3n) is 2.65. The summed E-state index contributed by atoms with van der Waals surface area (Å²) in [5, 5.41) is 7.83. The van der Waals surface area contributed by atoms with Crippen molar-refractivity contribution in [1.82, 2.24) is 10.2 Å². The third kappa shape index (κ3) is 2.97. The third-order valence-corrected chi connectivity index (χ3v) is 3.09. The van der Waals surface area contributed by atoms with E-state index in [0.29, 0.717) is 5.75 Å². The maximum Gasteiger partial charge on any atom is 0.193 e. The van der Waals surface area contributed by atoms with E-state index in [2.05, 4.69) is 10.2 Å². The molecular weight excluding hydrogens is 249 g/mol. The van der Waals surface area contributed by atoms with Crippen LogP contribution in [0.1, 0.15) is 25.7 Å². The first-order valence-electron chi connectivity index (χ1n) is 5.26. The van der Waals surface area contributed by atoms with Crippen LogP contribution in [0.15, 0.2) is 6.07 Å². The van der Waals surface area contributed by atoms with E-state index < -0.39 is 0 Å². The lowest BCUT2D eigenvalue weighted by Crippen LogP contribution is -2.33. The molecule has 88 valence electrons. The van der Waals surface area contributed by atoms with E-state index in [1.807, 2.05) is 0 Å². The molecule has 0 amide bonds. The lowest BCUT2D eigenvalue weighted by molar-refractivity contribution is 0.144. The standard InChI is InChI=1S/C10H13Cl2N3O/c11-9-5-8(10(12)15-14-9)16-7-3-1-2-6(13)4-7/h5-7H,1-4,13H2. The average Bonchev–Trinajstić information content (AvgIpc) is 2.24. The number of halogens is 2. The van der Waals surface area contributed by atoms with Gasteiger partial charge in [-0.3, -0.25) is 0 Å². The highest BCUT2D eigenvalue weighted by Crippen LogP contribution is 2.28. The first kappa shape index (κ1) is 11.9. The highest BCUT2D eigenvalue weighted by atomic mass is 35.5. The Morgan fingerprint density at radius 3 is 2.88 bits per heavy atom. The Labute approximate surface area is 104 Å². The summed E-state index contributed by atoms with van der Waals surface area (Å²) in [5.74, 6) is 0.487. The monoisotopic (exact) mass is 261 g/mol. The minimum atomic E-state index is 0.0986. The molecule has 4 nitrogen and oxygen atoms in total. The topological polar surface area (TPSA) is 61.0 Å². The minimum Gasteiger partial charge on any atom is -0.487 e. The molecule has 1 aliphatic rings. The number of hydrogen-bond donors (Lipinski definition) is 1. The smallest absolute Gasteiger partial charge is 0.193 e. The van der Waals surface area contributed by atoms with Gasteiger partial charge in [-0.05, 0) is 25.7 Å². The van der Waals surface area contributed by atoms with Crippen molar-refractivity contribution in [3.05, 3.63) is 16.4 Å². The van der Waals surface area contributed by atoms with Crippen LogP contribution in [-0.4, -0.2) is 22.3 Å². The van der Waals surface area contributed by atoms with Crippen LogP contribution in [0.4, 0.5) is 0 Å². The molecule has 1 aromatic heterocycles. The molecule has 1 heterocycles. The molecule has 1 aliphatic carbocycles. The Hall–Kier alpha value is -0.580. The molecule has 1 saturated carbocycles. The Kier molecular flexibility index (Phi) is 3.84. The average molecular weight is 262 g/mol. The summed E-state index contributed by atoms with van der Waals surface area (Å²) in [6, 6.07) is 1.79. The lowest BCUT2D eigenvalue weighted by Gasteiger charge is -2.27. The fourth-order valence-electron chi connectivity index (χ4n) is 1.89. The quantitative estimate of drug-likeness (QED) is 0.889. The number of rotatable bonds is 2. The predicted octanol–water partition coefficient (Wildman–Crippen LogP) is 2.43. The Bertz CT molecular complexity index is 375. The van der Waals surface area contributed by atoms with Crippen LogP contribution in [0.25, 0.3) is 0 Å². The van der Waals surface area contributed by atoms with Crippen molar-refractivity contribution >= 4 is 23.2 Å². The van der Waals surface area contributed by atoms with E-state index in [4.69, 9.17) is 33.7 Å². The molecule has 2 atom stereocenters. The first-order valence-corrected chi connectivity index (χ1v) is 6.01. The Morgan fingerprint density at radius 1 is 1.31 bits per heavy atom. The van der Waals surface area contributed by atoms with Crippen molar-refractivity contribution < 1.29 is 4.74 Å². The van der Waals surface area contributed by atoms with Crippen molar-refractivity contribution in [2.24, 2.45) is 5.73 Å². The van der Waals surface area contributed by atoms with Gasteiger partial charge in [0.25, 0.3) is 0 Å². The van der Waals surface area contributed by atoms with Crippen LogP contribution < -0.4 is 10.5 Å². The Balaban J connectivity index is 2.05. The highest BCUT2D eigenvalue weighted by Gasteiger charge is 2.21. The molecule has 0 bridgehead atoms. The van der Waals surface area contributed by atoms with Crippen LogP contribution in [0.2, 0.25) is 10.3 Å². The summed E-state index contributed by atoms with van der Waals surface area (Å²) in [7, 11) is 0. The van der Waals surface area contributed by atoms with E-state index in [1.165, 1.54) is 0 Å². The van der Waals surface area contributed by atoms with Crippen LogP contribution in [0.5, 0.6) is 5.75 Å². The maximum atomic E-state index is 5.88. The van der Waals surface area contributed by atoms with Gasteiger partial charge in [0.05, 0.1) is 0 Å². The number of hydrogen-bond acceptors (Lipinski definition) is 4. The van der Waals surface area contributed by atoms with Crippen molar-refractivity contribution in [3.8, 4) is 5.75 Å². The summed E-state index contributed by atoms with van der Waals surface area (Å²) in [6.07, 6.45) is 4.07. The van der Waals surface area contributed by atoms with Crippen LogP contribution in [-0.2, 0) is 0 Å². The van der Waals surface area contributed by atoms with Gasteiger partial charge >= 0.3 is 0 Å². The number of nitrogens with zero attached hydrogens (tertiary/aromatic N) is 2. The van der Waals surface area contributed by atoms with Crippen molar-refractivity contribution in [1.29, 1.82) is 0 Å². The van der Waals surface area contributed by atoms with Gasteiger partial charge in [-0.25, -0.2) is 0 Å². The van der Waals surface area contributed by atoms with Gasteiger partial charge in [-0.2, -0.15) is 0 Å². The summed E-state index contributed by atoms with van der Waals surface area (Å²) in [4.78, 5) is 0. The molecule has 2 rings (SSSR count). The predicted molar refractivity (Wildman–Crippen MR) is 62.9 cm³/mol. The molecule has 0 radical (unpaired) electrons. The summed E-state index contributed by atoms with van der Waals surface area (Å²) >= 11 is 11.6. The van der Waals surface area contributed by atoms with Gasteiger partial charge in [-0.1, -0.05) is 23.2 Å². The molecule has 0 spiro atoms. The van der Waals surface area contributed by atoms with Crippen molar-refractivity contribution in [2.45, 2.75) is 37.8 Å². The van der Waals surface area contributed by atoms with E-state index in [0.717, 1.165) is 25.7 Å². The van der Waals surface area contributed by atoms with E-state index in [9.17, 15) is 0 Å². The Morgan fingerprint density at radius 2 is 2.12 bits per heavy atom. The second-order valence-corrected chi connectivity index (χ2v) is 4.73. The van der Waals surface area contributed by atoms with Gasteiger partial charge in [0.2, 0.25) is 0 Å². The van der Waals surface area contributed by atoms with Crippen molar-refractivity contribution in [2.75, 3.05) is 0 Å². The fraction of sp³-hybridized carbons (Fsp3) is 0.600. The summed E-state index contributed by atoms with van der Waals surface area (Å²) in [5.41, 5.74) is 5.88. The molecule has 1 aromatic rings. The molecule has 0 aromatic carbocycles. The summed E-state index contributed by atoms with van der Waals surface area (Å²) in [6.45, 7) is 0. The van der Waals surface area contributed by atoms with Crippen LogP contribution >= 0.6 is 23.2 Å². The highest BCUT2D eigenvalue weighted by molar-refractivity contribution is 6.32. The van der Waals surface area contributed by atoms with Gasteiger partial charge in [-0.15, -0.1) is 10.2 Å². The van der Waals surface area contributed by atoms with E-state index in [-0.39, 0.29) is 22.5 Å². The number of nitrogens with two attached hydrogens (primary N) is 1. The zero-order valence-corrected chi connectivity index (χ0v) is 10.2. The largest absolute Gasteiger partial charge is 0.487 e. The second-order valence-electron chi connectivity index (χ2n) is 3.99. The van der Waals surface area contributed by atoms with Crippen LogP contribution in [0, 0.1) is 0 Å². The molecule has 2 unspecified atom stereocenters. The van der Waals surface area contributed by atoms with Gasteiger partial charge in [0, 0.05) is 12.1 Å². The van der Waals surface area contributed by atoms with Gasteiger partial charge in [0.1, 0.15) is 6.10 Å². The molecule has 16 heavy (non-hydrogen) atoms. The molecular formula is C10H13Cl2N3O. The van der Waals surface area contributed by atoms with Crippen LogP contribution in [0.3, 0.4) is 0 Å². The summed E-state index contributed by atoms with van der Waals surface area (Å²) < 4.78 is 5.74. The normalized spacial score (nSPS) is 25.4. The fourth-order valence-corrected chi connectivity index (χ4v) is 2.16. The zero-order valence-electron chi connectivity index (χ0n) is 8.70. The molecule has 2 N–H and O–H groups in total. The molecule has 0 aliphatic heterocycles. The lowest BCUT2D eigenvalue weighted by atomic mass is 9.93. The molecule has 0 saturated heterocycles.